The van der Waals surface area contributed by atoms with Gasteiger partial charge in [0.25, 0.3) is 0 Å². The molecule has 2 aromatic heterocycles. The van der Waals surface area contributed by atoms with Crippen LogP contribution in [-0.4, -0.2) is 16.2 Å². The van der Waals surface area contributed by atoms with Crippen LogP contribution in [0.15, 0.2) is 249 Å². The van der Waals surface area contributed by atoms with Gasteiger partial charge < -0.3 is 14.5 Å². The molecule has 0 saturated heterocycles. The quantitative estimate of drug-likeness (QED) is 0.144. The largest absolute Gasteiger partial charge is 0.457 e. The lowest BCUT2D eigenvalue weighted by Crippen LogP contribution is -2.29. The van der Waals surface area contributed by atoms with Crippen LogP contribution in [0.1, 0.15) is 101 Å². The van der Waals surface area contributed by atoms with Gasteiger partial charge in [-0.15, -0.1) is 0 Å². The third-order valence-electron chi connectivity index (χ3n) is 17.7. The van der Waals surface area contributed by atoms with Gasteiger partial charge in [0.15, 0.2) is 0 Å². The molecule has 0 unspecified atom stereocenters. The molecule has 14 rings (SSSR count). The van der Waals surface area contributed by atoms with E-state index in [0.29, 0.717) is 6.67 Å². The molecule has 1 aliphatic heterocycles. The molecule has 3 heterocycles. The van der Waals surface area contributed by atoms with Gasteiger partial charge in [-0.1, -0.05) is 226 Å². The second-order valence-corrected chi connectivity index (χ2v) is 26.1. The van der Waals surface area contributed by atoms with E-state index in [1.807, 2.05) is 6.20 Å². The van der Waals surface area contributed by atoms with Crippen molar-refractivity contribution >= 4 is 44.6 Å². The van der Waals surface area contributed by atoms with E-state index in [2.05, 4.69) is 319 Å². The molecule has 0 amide bonds. The highest BCUT2D eigenvalue weighted by molar-refractivity contribution is 6.10. The Labute approximate surface area is 495 Å². The molecular weight excluding hydrogens is 1020 g/mol. The molecule has 412 valence electrons. The SMILES string of the molecule is CC(C)(C)c1ccc(C2(c3ccnc(-n4c5cc(Oc6cccc(N7CN(c8c(-c9ccccc9)cc(C(C)(C)C)cc8-c8ccccc8)c8ccccc87)c6)ccc5c5ccc(C(C)(C)C)cc54)c3)c3ccccc3-c3ccccc32)cc1. The van der Waals surface area contributed by atoms with Crippen molar-refractivity contribution in [3.8, 4) is 50.7 Å². The molecule has 5 nitrogen and oxygen atoms in total. The summed E-state index contributed by atoms with van der Waals surface area (Å²) in [5.41, 5.74) is 22.0. The molecule has 10 aromatic carbocycles. The minimum atomic E-state index is -0.603. The average Bonchev–Trinajstić information content (AvgIpc) is 2.16. The Morgan fingerprint density at radius 2 is 0.917 bits per heavy atom. The molecule has 0 fully saturated rings. The molecule has 0 atom stereocenters. The summed E-state index contributed by atoms with van der Waals surface area (Å²) in [5.74, 6) is 2.34. The highest BCUT2D eigenvalue weighted by Gasteiger charge is 2.46. The zero-order valence-electron chi connectivity index (χ0n) is 49.6. The summed E-state index contributed by atoms with van der Waals surface area (Å²) in [6.07, 6.45) is 2.01. The van der Waals surface area contributed by atoms with Crippen molar-refractivity contribution in [3.05, 3.63) is 288 Å². The third-order valence-corrected chi connectivity index (χ3v) is 17.7. The van der Waals surface area contributed by atoms with Gasteiger partial charge in [0.1, 0.15) is 24.0 Å². The van der Waals surface area contributed by atoms with Crippen LogP contribution in [0, 0.1) is 0 Å². The van der Waals surface area contributed by atoms with Gasteiger partial charge >= 0.3 is 0 Å². The molecular formula is C79H70N4O. The van der Waals surface area contributed by atoms with Crippen LogP contribution in [0.4, 0.5) is 22.7 Å². The average molecular weight is 1090 g/mol. The summed E-state index contributed by atoms with van der Waals surface area (Å²) < 4.78 is 9.43. The Hall–Kier alpha value is -9.45. The summed E-state index contributed by atoms with van der Waals surface area (Å²) in [4.78, 5) is 10.2. The number of fused-ring (bicyclic) bond motifs is 7. The Balaban J connectivity index is 0.883. The molecule has 1 aliphatic carbocycles. The Kier molecular flexibility index (Phi) is 12.5. The van der Waals surface area contributed by atoms with E-state index < -0.39 is 5.41 Å². The smallest absolute Gasteiger partial charge is 0.137 e. The second kappa shape index (κ2) is 19.9. The molecule has 0 bridgehead atoms. The van der Waals surface area contributed by atoms with Crippen molar-refractivity contribution in [2.24, 2.45) is 0 Å². The lowest BCUT2D eigenvalue weighted by Gasteiger charge is -2.34. The summed E-state index contributed by atoms with van der Waals surface area (Å²) in [7, 11) is 0. The van der Waals surface area contributed by atoms with Gasteiger partial charge in [0.05, 0.1) is 33.5 Å². The second-order valence-electron chi connectivity index (χ2n) is 26.1. The number of ether oxygens (including phenoxy) is 1. The van der Waals surface area contributed by atoms with E-state index in [4.69, 9.17) is 9.72 Å². The first-order valence-corrected chi connectivity index (χ1v) is 29.6. The Morgan fingerprint density at radius 3 is 1.52 bits per heavy atom. The number of pyridine rings is 1. The van der Waals surface area contributed by atoms with Crippen molar-refractivity contribution in [2.45, 2.75) is 84.0 Å². The number of nitrogens with zero attached hydrogens (tertiary/aromatic N) is 4. The minimum absolute atomic E-state index is 0.0120. The molecule has 0 saturated carbocycles. The fourth-order valence-electron chi connectivity index (χ4n) is 13.3. The van der Waals surface area contributed by atoms with Gasteiger partial charge in [-0.25, -0.2) is 4.98 Å². The fourth-order valence-corrected chi connectivity index (χ4v) is 13.3. The van der Waals surface area contributed by atoms with E-state index in [1.165, 1.54) is 77.8 Å². The number of anilines is 4. The van der Waals surface area contributed by atoms with E-state index in [-0.39, 0.29) is 16.2 Å². The van der Waals surface area contributed by atoms with E-state index in [0.717, 1.165) is 56.4 Å². The van der Waals surface area contributed by atoms with Crippen molar-refractivity contribution in [1.82, 2.24) is 9.55 Å². The van der Waals surface area contributed by atoms with Crippen LogP contribution in [0.25, 0.3) is 61.0 Å². The molecule has 0 N–H and O–H groups in total. The monoisotopic (exact) mass is 1090 g/mol. The van der Waals surface area contributed by atoms with E-state index >= 15 is 0 Å². The van der Waals surface area contributed by atoms with Crippen LogP contribution >= 0.6 is 0 Å². The van der Waals surface area contributed by atoms with Crippen molar-refractivity contribution in [1.29, 1.82) is 0 Å². The third kappa shape index (κ3) is 8.79. The van der Waals surface area contributed by atoms with Crippen molar-refractivity contribution in [2.75, 3.05) is 16.5 Å². The van der Waals surface area contributed by atoms with Crippen LogP contribution in [0.2, 0.25) is 0 Å². The standard InChI is InChI=1S/C79H70N4O/c1-76(2,3)54-35-37-55(38-36-54)79(68-31-18-16-29-62(68)63-30-17-19-32-69(63)79)57-43-44-80-74(48-57)83-72-47-56(77(4,5)6)39-41-64(72)65-42-40-61(50-73(65)83)84-60-28-22-27-59(49-60)81-51-82(71-34-21-20-33-70(71)81)75-66(52-23-12-10-13-24-52)45-58(78(7,8)9)46-67(75)53-25-14-11-15-26-53/h10-50H,51H2,1-9H3. The highest BCUT2D eigenvalue weighted by Crippen LogP contribution is 2.57. The Bertz CT molecular complexity index is 4390. The first-order valence-electron chi connectivity index (χ1n) is 29.6. The van der Waals surface area contributed by atoms with Crippen LogP contribution in [0.5, 0.6) is 11.5 Å². The van der Waals surface area contributed by atoms with Crippen LogP contribution in [0.3, 0.4) is 0 Å². The lowest BCUT2D eigenvalue weighted by atomic mass is 9.67. The number of hydrogen-bond donors (Lipinski definition) is 0. The Morgan fingerprint density at radius 1 is 0.393 bits per heavy atom. The maximum atomic E-state index is 7.07. The molecule has 0 spiro atoms. The van der Waals surface area contributed by atoms with Gasteiger partial charge in [-0.2, -0.15) is 0 Å². The first kappa shape index (κ1) is 52.6. The zero-order chi connectivity index (χ0) is 57.7. The predicted molar refractivity (Wildman–Crippen MR) is 351 cm³/mol. The molecule has 12 aromatic rings. The van der Waals surface area contributed by atoms with Crippen molar-refractivity contribution in [3.63, 3.8) is 0 Å². The number of benzene rings is 10. The van der Waals surface area contributed by atoms with Crippen molar-refractivity contribution < 1.29 is 4.74 Å². The summed E-state index contributed by atoms with van der Waals surface area (Å²) >= 11 is 0. The van der Waals surface area contributed by atoms with E-state index in [9.17, 15) is 0 Å². The first-order chi connectivity index (χ1) is 40.5. The van der Waals surface area contributed by atoms with Gasteiger partial charge in [-0.3, -0.25) is 4.57 Å². The topological polar surface area (TPSA) is 33.5 Å². The van der Waals surface area contributed by atoms with Crippen LogP contribution in [-0.2, 0) is 21.7 Å². The molecule has 84 heavy (non-hydrogen) atoms. The maximum absolute atomic E-state index is 7.07. The zero-order valence-corrected chi connectivity index (χ0v) is 49.6. The van der Waals surface area contributed by atoms with E-state index in [1.54, 1.807) is 0 Å². The highest BCUT2D eigenvalue weighted by atomic mass is 16.5. The number of hydrogen-bond acceptors (Lipinski definition) is 4. The van der Waals surface area contributed by atoms with Gasteiger partial charge in [0, 0.05) is 45.9 Å². The normalized spacial score (nSPS) is 13.8. The van der Waals surface area contributed by atoms with Crippen LogP contribution < -0.4 is 14.5 Å². The minimum Gasteiger partial charge on any atom is -0.457 e. The fraction of sp³-hybridized carbons (Fsp3) is 0.177. The lowest BCUT2D eigenvalue weighted by molar-refractivity contribution is 0.483. The summed E-state index contributed by atoms with van der Waals surface area (Å²) in [6, 6.07) is 89.4. The molecule has 0 radical (unpaired) electrons. The molecule has 5 heteroatoms. The number of aromatic nitrogens is 2. The summed E-state index contributed by atoms with van der Waals surface area (Å²) in [6.45, 7) is 21.2. The van der Waals surface area contributed by atoms with Gasteiger partial charge in [-0.05, 0) is 144 Å². The predicted octanol–water partition coefficient (Wildman–Crippen LogP) is 20.8. The number of rotatable bonds is 9. The van der Waals surface area contributed by atoms with Gasteiger partial charge in [0.2, 0.25) is 0 Å². The maximum Gasteiger partial charge on any atom is 0.137 e. The number of para-hydroxylation sites is 2. The summed E-state index contributed by atoms with van der Waals surface area (Å²) in [5, 5.41) is 2.30. The molecule has 2 aliphatic rings.